The van der Waals surface area contributed by atoms with Crippen LogP contribution in [-0.4, -0.2) is 66.2 Å². The Hall–Kier alpha value is -0.473. The largest absolute Gasteiger partial charge is 0.500 e. The van der Waals surface area contributed by atoms with Crippen molar-refractivity contribution in [3.05, 3.63) is 0 Å². The lowest BCUT2D eigenvalue weighted by Gasteiger charge is -2.25. The fraction of sp³-hybridized carbons (Fsp3) is 0.900. The minimum absolute atomic E-state index is 0.165. The van der Waals surface area contributed by atoms with Crippen molar-refractivity contribution in [2.75, 3.05) is 41.5 Å². The maximum atomic E-state index is 10.4. The predicted octanol–water partition coefficient (Wildman–Crippen LogP) is 0.661. The van der Waals surface area contributed by atoms with Gasteiger partial charge in [-0.3, -0.25) is 4.79 Å². The molecule has 7 heteroatoms. The smallest absolute Gasteiger partial charge is 0.481 e. The molecule has 0 radical (unpaired) electrons. The third-order valence-electron chi connectivity index (χ3n) is 2.66. The lowest BCUT2D eigenvalue weighted by Crippen LogP contribution is -2.43. The second-order valence-electron chi connectivity index (χ2n) is 3.85. The van der Waals surface area contributed by atoms with E-state index in [0.717, 1.165) is 19.0 Å². The Morgan fingerprint density at radius 1 is 1.18 bits per heavy atom. The van der Waals surface area contributed by atoms with Gasteiger partial charge in [-0.2, -0.15) is 0 Å². The Kier molecular flexibility index (Phi) is 8.35. The van der Waals surface area contributed by atoms with Crippen molar-refractivity contribution >= 4 is 14.8 Å². The minimum atomic E-state index is -2.47. The van der Waals surface area contributed by atoms with E-state index in [4.69, 9.17) is 18.4 Å². The highest BCUT2D eigenvalue weighted by Crippen LogP contribution is 2.15. The summed E-state index contributed by atoms with van der Waals surface area (Å²) in [6.07, 6.45) is 1.02. The minimum Gasteiger partial charge on any atom is -0.481 e. The fourth-order valence-electron chi connectivity index (χ4n) is 1.52. The molecule has 0 saturated heterocycles. The number of carbonyl (C=O) groups is 1. The maximum absolute atomic E-state index is 10.4. The van der Waals surface area contributed by atoms with Gasteiger partial charge >= 0.3 is 14.8 Å². The van der Waals surface area contributed by atoms with E-state index < -0.39 is 14.8 Å². The van der Waals surface area contributed by atoms with E-state index in [1.165, 1.54) is 0 Å². The highest BCUT2D eigenvalue weighted by molar-refractivity contribution is 6.60. The summed E-state index contributed by atoms with van der Waals surface area (Å²) in [5, 5.41) is 8.55. The maximum Gasteiger partial charge on any atom is 0.500 e. The van der Waals surface area contributed by atoms with Crippen LogP contribution in [-0.2, 0) is 18.1 Å². The lowest BCUT2D eigenvalue weighted by molar-refractivity contribution is -0.137. The molecule has 0 saturated carbocycles. The van der Waals surface area contributed by atoms with Crippen molar-refractivity contribution < 1.29 is 23.2 Å². The molecule has 0 fully saturated rings. The van der Waals surface area contributed by atoms with E-state index in [0.29, 0.717) is 6.54 Å². The molecule has 6 nitrogen and oxygen atoms in total. The second kappa shape index (κ2) is 8.59. The van der Waals surface area contributed by atoms with Gasteiger partial charge in [-0.25, -0.2) is 0 Å². The Morgan fingerprint density at radius 3 is 2.12 bits per heavy atom. The Morgan fingerprint density at radius 2 is 1.71 bits per heavy atom. The normalized spacial score (nSPS) is 12.1. The van der Waals surface area contributed by atoms with Gasteiger partial charge in [-0.05, 0) is 20.0 Å². The molecule has 17 heavy (non-hydrogen) atoms. The van der Waals surface area contributed by atoms with Crippen LogP contribution >= 0.6 is 0 Å². The Labute approximate surface area is 104 Å². The summed E-state index contributed by atoms with van der Waals surface area (Å²) < 4.78 is 15.9. The molecule has 0 aromatic carbocycles. The summed E-state index contributed by atoms with van der Waals surface area (Å²) in [6.45, 7) is 1.36. The third kappa shape index (κ3) is 6.74. The molecule has 0 unspecified atom stereocenters. The highest BCUT2D eigenvalue weighted by Gasteiger charge is 2.36. The van der Waals surface area contributed by atoms with E-state index in [-0.39, 0.29) is 6.42 Å². The molecular formula is C10H23NO5Si. The zero-order valence-electron chi connectivity index (χ0n) is 11.1. The number of aliphatic carboxylic acids is 1. The van der Waals surface area contributed by atoms with E-state index in [1.807, 2.05) is 11.9 Å². The first kappa shape index (κ1) is 16.5. The summed E-state index contributed by atoms with van der Waals surface area (Å²) in [6, 6.07) is 0.730. The summed E-state index contributed by atoms with van der Waals surface area (Å²) >= 11 is 0. The monoisotopic (exact) mass is 265 g/mol. The molecule has 0 spiro atoms. The fourth-order valence-corrected chi connectivity index (χ4v) is 3.22. The standard InChI is InChI=1S/C10H23NO5Si/c1-11(8-6-10(12)13)7-5-9-17(14-2,15-3)16-4/h5-9H2,1-4H3,(H,12,13). The lowest BCUT2D eigenvalue weighted by atomic mass is 10.3. The van der Waals surface area contributed by atoms with Crippen molar-refractivity contribution in [1.82, 2.24) is 4.90 Å². The van der Waals surface area contributed by atoms with Gasteiger partial charge in [0.05, 0.1) is 6.42 Å². The molecule has 0 aliphatic carbocycles. The molecule has 0 rings (SSSR count). The van der Waals surface area contributed by atoms with E-state index in [2.05, 4.69) is 0 Å². The number of carboxylic acids is 1. The summed E-state index contributed by atoms with van der Waals surface area (Å²) in [7, 11) is 4.20. The first-order chi connectivity index (χ1) is 7.99. The van der Waals surface area contributed by atoms with Gasteiger partial charge in [0.25, 0.3) is 0 Å². The van der Waals surface area contributed by atoms with Gasteiger partial charge < -0.3 is 23.3 Å². The van der Waals surface area contributed by atoms with Crippen molar-refractivity contribution in [1.29, 1.82) is 0 Å². The van der Waals surface area contributed by atoms with Crippen LogP contribution in [0.15, 0.2) is 0 Å². The van der Waals surface area contributed by atoms with Gasteiger partial charge in [0.1, 0.15) is 0 Å². The van der Waals surface area contributed by atoms with Gasteiger partial charge in [0, 0.05) is 33.9 Å². The molecule has 0 aromatic heterocycles. The molecule has 0 aliphatic heterocycles. The van der Waals surface area contributed by atoms with Gasteiger partial charge in [0.15, 0.2) is 0 Å². The predicted molar refractivity (Wildman–Crippen MR) is 66.0 cm³/mol. The van der Waals surface area contributed by atoms with Crippen molar-refractivity contribution in [3.63, 3.8) is 0 Å². The van der Waals surface area contributed by atoms with Crippen molar-refractivity contribution in [3.8, 4) is 0 Å². The summed E-state index contributed by atoms with van der Waals surface area (Å²) in [5.41, 5.74) is 0. The molecular weight excluding hydrogens is 242 g/mol. The zero-order chi connectivity index (χ0) is 13.3. The molecule has 0 amide bonds. The third-order valence-corrected chi connectivity index (χ3v) is 5.50. The Bertz CT molecular complexity index is 214. The Balaban J connectivity index is 3.84. The number of rotatable bonds is 10. The summed E-state index contributed by atoms with van der Waals surface area (Å²) in [4.78, 5) is 12.4. The molecule has 0 aromatic rings. The van der Waals surface area contributed by atoms with Crippen LogP contribution in [0.2, 0.25) is 6.04 Å². The molecule has 1 N–H and O–H groups in total. The van der Waals surface area contributed by atoms with Crippen LogP contribution in [0.3, 0.4) is 0 Å². The number of hydrogen-bond donors (Lipinski definition) is 1. The van der Waals surface area contributed by atoms with E-state index in [1.54, 1.807) is 21.3 Å². The average molecular weight is 265 g/mol. The molecule has 0 atom stereocenters. The van der Waals surface area contributed by atoms with Crippen LogP contribution < -0.4 is 0 Å². The summed E-state index contributed by atoms with van der Waals surface area (Å²) in [5.74, 6) is -0.772. The molecule has 0 aliphatic rings. The topological polar surface area (TPSA) is 68.2 Å². The highest BCUT2D eigenvalue weighted by atomic mass is 28.4. The van der Waals surface area contributed by atoms with E-state index in [9.17, 15) is 4.79 Å². The average Bonchev–Trinajstić information content (AvgIpc) is 2.33. The van der Waals surface area contributed by atoms with Crippen LogP contribution in [0.5, 0.6) is 0 Å². The van der Waals surface area contributed by atoms with Crippen LogP contribution in [0.1, 0.15) is 12.8 Å². The van der Waals surface area contributed by atoms with Crippen LogP contribution in [0.4, 0.5) is 0 Å². The van der Waals surface area contributed by atoms with Crippen molar-refractivity contribution in [2.45, 2.75) is 18.9 Å². The first-order valence-electron chi connectivity index (χ1n) is 5.55. The SMILES string of the molecule is CO[Si](CCCN(C)CCC(=O)O)(OC)OC. The number of carboxylic acid groups (broad SMARTS) is 1. The number of nitrogens with zero attached hydrogens (tertiary/aromatic N) is 1. The van der Waals surface area contributed by atoms with Crippen LogP contribution in [0.25, 0.3) is 0 Å². The van der Waals surface area contributed by atoms with Crippen molar-refractivity contribution in [2.24, 2.45) is 0 Å². The number of hydrogen-bond acceptors (Lipinski definition) is 5. The molecule has 0 heterocycles. The van der Waals surface area contributed by atoms with Crippen LogP contribution in [0, 0.1) is 0 Å². The molecule has 102 valence electrons. The first-order valence-corrected chi connectivity index (χ1v) is 7.48. The quantitative estimate of drug-likeness (QED) is 0.585. The van der Waals surface area contributed by atoms with Gasteiger partial charge in [0.2, 0.25) is 0 Å². The van der Waals surface area contributed by atoms with Gasteiger partial charge in [-0.15, -0.1) is 0 Å². The second-order valence-corrected chi connectivity index (χ2v) is 6.94. The van der Waals surface area contributed by atoms with Gasteiger partial charge in [-0.1, -0.05) is 0 Å². The zero-order valence-corrected chi connectivity index (χ0v) is 12.1. The van der Waals surface area contributed by atoms with E-state index >= 15 is 0 Å². The molecule has 0 bridgehead atoms.